The van der Waals surface area contributed by atoms with Gasteiger partial charge < -0.3 is 10.2 Å². The molecule has 0 fully saturated rings. The van der Waals surface area contributed by atoms with Crippen molar-refractivity contribution in [3.63, 3.8) is 0 Å². The van der Waals surface area contributed by atoms with Crippen LogP contribution < -0.4 is 10.2 Å². The van der Waals surface area contributed by atoms with Crippen LogP contribution in [-0.4, -0.2) is 20.0 Å². The summed E-state index contributed by atoms with van der Waals surface area (Å²) in [5.74, 6) is 0. The number of benzene rings is 2. The predicted molar refractivity (Wildman–Crippen MR) is 90.9 cm³/mol. The summed E-state index contributed by atoms with van der Waals surface area (Å²) >= 11 is 6.18. The molecule has 0 saturated carbocycles. The van der Waals surface area contributed by atoms with Gasteiger partial charge in [0.1, 0.15) is 0 Å². The van der Waals surface area contributed by atoms with E-state index in [-0.39, 0.29) is 0 Å². The van der Waals surface area contributed by atoms with Gasteiger partial charge in [0.2, 0.25) is 0 Å². The first-order chi connectivity index (χ1) is 12.9. The van der Waals surface area contributed by atoms with E-state index in [1.165, 1.54) is 4.90 Å². The first-order valence-corrected chi connectivity index (χ1v) is 7.22. The van der Waals surface area contributed by atoms with Crippen molar-refractivity contribution in [1.29, 1.82) is 0 Å². The zero-order valence-corrected chi connectivity index (χ0v) is 12.2. The molecule has 0 radical (unpaired) electrons. The number of hydrogen-bond donors (Lipinski definition) is 1. The topological polar surface area (TPSA) is 15.3 Å². The highest BCUT2D eigenvalue weighted by Gasteiger charge is 2.20. The molecule has 3 heteroatoms. The lowest BCUT2D eigenvalue weighted by Crippen LogP contribution is -2.23. The summed E-state index contributed by atoms with van der Waals surface area (Å²) in [4.78, 5) is 1.44. The molecule has 0 aliphatic carbocycles. The van der Waals surface area contributed by atoms with Gasteiger partial charge in [0.25, 0.3) is 0 Å². The molecule has 2 aromatic rings. The van der Waals surface area contributed by atoms with Crippen molar-refractivity contribution >= 4 is 23.0 Å². The van der Waals surface area contributed by atoms with Crippen molar-refractivity contribution in [3.8, 4) is 0 Å². The number of rotatable bonds is 4. The Labute approximate surface area is 141 Å². The molecular formula is C18H21ClN2. The summed E-state index contributed by atoms with van der Waals surface area (Å²) in [5.41, 5.74) is 3.02. The van der Waals surface area contributed by atoms with Crippen molar-refractivity contribution in [3.05, 3.63) is 58.6 Å². The van der Waals surface area contributed by atoms with Crippen molar-refractivity contribution in [2.24, 2.45) is 0 Å². The Hall–Kier alpha value is -1.51. The largest absolute Gasteiger partial charge is 0.341 e. The van der Waals surface area contributed by atoms with Gasteiger partial charge in [-0.2, -0.15) is 0 Å². The third-order valence-electron chi connectivity index (χ3n) is 3.60. The van der Waals surface area contributed by atoms with E-state index in [0.717, 1.165) is 11.1 Å². The fourth-order valence-electron chi connectivity index (χ4n) is 2.63. The molecule has 0 spiro atoms. The number of nitrogens with zero attached hydrogens (tertiary/aromatic N) is 1. The maximum atomic E-state index is 8.70. The molecule has 1 aliphatic heterocycles. The van der Waals surface area contributed by atoms with E-state index in [1.807, 2.05) is 23.5 Å². The fourth-order valence-corrected chi connectivity index (χ4v) is 2.80. The molecule has 2 nitrogen and oxygen atoms in total. The minimum atomic E-state index is -2.72. The number of hydrogen-bond acceptors (Lipinski definition) is 2. The Balaban J connectivity index is 2.09. The second kappa shape index (κ2) is 6.50. The van der Waals surface area contributed by atoms with Crippen LogP contribution in [0.15, 0.2) is 42.5 Å². The Morgan fingerprint density at radius 3 is 2.86 bits per heavy atom. The van der Waals surface area contributed by atoms with Crippen molar-refractivity contribution < 1.29 is 9.60 Å². The lowest BCUT2D eigenvalue weighted by Gasteiger charge is -2.27. The Morgan fingerprint density at radius 1 is 1.19 bits per heavy atom. The van der Waals surface area contributed by atoms with Crippen LogP contribution in [0.5, 0.6) is 0 Å². The normalized spacial score (nSPS) is 20.4. The van der Waals surface area contributed by atoms with Crippen molar-refractivity contribution in [1.82, 2.24) is 5.32 Å². The molecule has 110 valence electrons. The highest BCUT2D eigenvalue weighted by Crippen LogP contribution is 2.37. The van der Waals surface area contributed by atoms with E-state index in [4.69, 9.17) is 21.2 Å². The van der Waals surface area contributed by atoms with Crippen LogP contribution in [0.1, 0.15) is 27.1 Å². The van der Waals surface area contributed by atoms with E-state index in [1.54, 1.807) is 24.3 Å². The zero-order valence-electron chi connectivity index (χ0n) is 18.5. The standard InChI is InChI=1S/C18H21ClN2/c1-20-11-4-12-21-17-6-3-2-5-14(17)7-8-15-9-10-16(19)13-18(15)21/h2-3,5-6,9-10,13,20H,4,7-8,11-12H2,1H3/i1D3,11D2,12D2. The Bertz CT molecular complexity index is 867. The minimum Gasteiger partial charge on any atom is -0.341 e. The zero-order chi connectivity index (χ0) is 20.7. The van der Waals surface area contributed by atoms with E-state index in [0.29, 0.717) is 29.2 Å². The number of nitrogens with one attached hydrogen (secondary N) is 1. The average molecular weight is 308 g/mol. The van der Waals surface area contributed by atoms with Gasteiger partial charge in [0, 0.05) is 32.5 Å². The lowest BCUT2D eigenvalue weighted by molar-refractivity contribution is 0.723. The summed E-state index contributed by atoms with van der Waals surface area (Å²) in [5, 5.41) is 2.35. The van der Waals surface area contributed by atoms with E-state index in [9.17, 15) is 0 Å². The summed E-state index contributed by atoms with van der Waals surface area (Å²) in [6, 6.07) is 12.7. The molecular weight excluding hydrogens is 280 g/mol. The predicted octanol–water partition coefficient (Wildman–Crippen LogP) is 4.19. The monoisotopic (exact) mass is 307 g/mol. The molecule has 0 amide bonds. The van der Waals surface area contributed by atoms with Gasteiger partial charge in [-0.1, -0.05) is 35.9 Å². The van der Waals surface area contributed by atoms with Crippen molar-refractivity contribution in [2.45, 2.75) is 19.3 Å². The first-order valence-electron chi connectivity index (χ1n) is 10.3. The molecule has 1 N–H and O–H groups in total. The molecule has 1 aliphatic rings. The van der Waals surface area contributed by atoms with E-state index in [2.05, 4.69) is 0 Å². The van der Waals surface area contributed by atoms with Gasteiger partial charge in [-0.05, 0) is 62.1 Å². The van der Waals surface area contributed by atoms with E-state index >= 15 is 0 Å². The molecule has 0 bridgehead atoms. The van der Waals surface area contributed by atoms with Crippen LogP contribution in [0.2, 0.25) is 5.02 Å². The molecule has 3 rings (SSSR count). The van der Waals surface area contributed by atoms with Crippen LogP contribution >= 0.6 is 11.6 Å². The van der Waals surface area contributed by atoms with Gasteiger partial charge in [-0.3, -0.25) is 0 Å². The molecule has 0 unspecified atom stereocenters. The summed E-state index contributed by atoms with van der Waals surface area (Å²) in [6.45, 7) is -7.39. The highest BCUT2D eigenvalue weighted by atomic mass is 35.5. The maximum absolute atomic E-state index is 8.70. The van der Waals surface area contributed by atoms with Gasteiger partial charge >= 0.3 is 0 Å². The molecule has 0 saturated heterocycles. The number of halogens is 1. The first kappa shape index (κ1) is 8.21. The van der Waals surface area contributed by atoms with Crippen LogP contribution in [0.3, 0.4) is 0 Å². The summed E-state index contributed by atoms with van der Waals surface area (Å²) in [7, 11) is 0. The second-order valence-electron chi connectivity index (χ2n) is 4.87. The number of anilines is 2. The molecule has 0 aromatic heterocycles. The Kier molecular flexibility index (Phi) is 2.54. The van der Waals surface area contributed by atoms with Crippen LogP contribution in [-0.2, 0) is 12.8 Å². The Morgan fingerprint density at radius 2 is 2.00 bits per heavy atom. The second-order valence-corrected chi connectivity index (χ2v) is 5.31. The van der Waals surface area contributed by atoms with E-state index < -0.39 is 26.4 Å². The van der Waals surface area contributed by atoms with Gasteiger partial charge in [-0.15, -0.1) is 0 Å². The third-order valence-corrected chi connectivity index (χ3v) is 3.83. The summed E-state index contributed by atoms with van der Waals surface area (Å²) < 4.78 is 55.2. The van der Waals surface area contributed by atoms with Gasteiger partial charge in [0.15, 0.2) is 0 Å². The smallest absolute Gasteiger partial charge is 0.0498 e. The maximum Gasteiger partial charge on any atom is 0.0498 e. The minimum absolute atomic E-state index is 0.447. The SMILES string of the molecule is [2H]C([2H])([2H])NC([2H])([2H])CC([2H])([2H])N1c2ccccc2CCc2ccc(Cl)cc21. The fraction of sp³-hybridized carbons (Fsp3) is 0.333. The number of fused-ring (bicyclic) bond motifs is 2. The van der Waals surface area contributed by atoms with Gasteiger partial charge in [0.05, 0.1) is 0 Å². The lowest BCUT2D eigenvalue weighted by atomic mass is 10.0. The highest BCUT2D eigenvalue weighted by molar-refractivity contribution is 6.30. The molecule has 1 heterocycles. The average Bonchev–Trinajstić information content (AvgIpc) is 2.67. The number of para-hydroxylation sites is 1. The molecule has 0 atom stereocenters. The van der Waals surface area contributed by atoms with Gasteiger partial charge in [-0.25, -0.2) is 0 Å². The molecule has 2 aromatic carbocycles. The van der Waals surface area contributed by atoms with Crippen LogP contribution in [0, 0.1) is 0 Å². The van der Waals surface area contributed by atoms with Crippen LogP contribution in [0.4, 0.5) is 11.4 Å². The summed E-state index contributed by atoms with van der Waals surface area (Å²) in [6.07, 6.45) is 0.701. The number of aryl methyl sites for hydroxylation is 2. The third kappa shape index (κ3) is 3.07. The van der Waals surface area contributed by atoms with Crippen LogP contribution in [0.25, 0.3) is 0 Å². The van der Waals surface area contributed by atoms with Crippen molar-refractivity contribution in [2.75, 3.05) is 24.9 Å². The molecule has 21 heavy (non-hydrogen) atoms. The quantitative estimate of drug-likeness (QED) is 0.911.